The molecular weight excluding hydrogens is 569 g/mol. The molecule has 0 fully saturated rings. The third-order valence-corrected chi connectivity index (χ3v) is 11.0. The van der Waals surface area contributed by atoms with Gasteiger partial charge in [0.25, 0.3) is 0 Å². The zero-order valence-electron chi connectivity index (χ0n) is 22.0. The Balaban J connectivity index is 1.32. The molecular formula is C34H26O2S4. The second-order valence-electron chi connectivity index (χ2n) is 8.94. The molecule has 0 aliphatic heterocycles. The number of benzene rings is 6. The molecule has 0 aromatic heterocycles. The predicted molar refractivity (Wildman–Crippen MR) is 174 cm³/mol. The van der Waals surface area contributed by atoms with Gasteiger partial charge in [-0.2, -0.15) is 0 Å². The molecule has 0 spiro atoms. The van der Waals surface area contributed by atoms with Gasteiger partial charge in [0.1, 0.15) is 11.5 Å². The van der Waals surface area contributed by atoms with Crippen molar-refractivity contribution in [3.63, 3.8) is 0 Å². The topological polar surface area (TPSA) is 18.5 Å². The molecule has 0 N–H and O–H groups in total. The summed E-state index contributed by atoms with van der Waals surface area (Å²) >= 11 is 3.58. The van der Waals surface area contributed by atoms with Crippen molar-refractivity contribution in [3.05, 3.63) is 121 Å². The second kappa shape index (κ2) is 12.6. The van der Waals surface area contributed by atoms with Gasteiger partial charge in [-0.05, 0) is 83.6 Å². The molecule has 0 saturated carbocycles. The Hall–Kier alpha value is -3.16. The average molecular weight is 595 g/mol. The molecule has 2 nitrogen and oxygen atoms in total. The smallest absolute Gasteiger partial charge is 0.118 e. The van der Waals surface area contributed by atoms with Crippen molar-refractivity contribution in [2.45, 2.75) is 29.4 Å². The number of fused-ring (bicyclic) bond motifs is 2. The van der Waals surface area contributed by atoms with Gasteiger partial charge in [0, 0.05) is 40.1 Å². The van der Waals surface area contributed by atoms with Crippen LogP contribution < -0.4 is 9.47 Å². The molecule has 0 heterocycles. The van der Waals surface area contributed by atoms with E-state index in [1.54, 1.807) is 37.7 Å². The molecule has 0 amide bonds. The summed E-state index contributed by atoms with van der Waals surface area (Å²) in [4.78, 5) is 7.40. The predicted octanol–water partition coefficient (Wildman–Crippen LogP) is 11.1. The molecule has 0 saturated heterocycles. The van der Waals surface area contributed by atoms with Gasteiger partial charge in [0.05, 0.1) is 14.2 Å². The van der Waals surface area contributed by atoms with Crippen molar-refractivity contribution in [1.82, 2.24) is 0 Å². The summed E-state index contributed by atoms with van der Waals surface area (Å²) in [6, 6.07) is 42.8. The quantitative estimate of drug-likeness (QED) is 0.154. The molecule has 0 bridgehead atoms. The fourth-order valence-corrected chi connectivity index (χ4v) is 9.06. The number of ether oxygens (including phenoxy) is 2. The Morgan fingerprint density at radius 3 is 1.10 bits per heavy atom. The molecule has 40 heavy (non-hydrogen) atoms. The minimum Gasteiger partial charge on any atom is -0.497 e. The van der Waals surface area contributed by atoms with Crippen LogP contribution in [0.5, 0.6) is 11.5 Å². The average Bonchev–Trinajstić information content (AvgIpc) is 3.01. The van der Waals surface area contributed by atoms with Crippen molar-refractivity contribution in [2.75, 3.05) is 14.2 Å². The maximum atomic E-state index is 5.34. The fourth-order valence-electron chi connectivity index (χ4n) is 4.49. The van der Waals surface area contributed by atoms with Gasteiger partial charge in [0.2, 0.25) is 0 Å². The van der Waals surface area contributed by atoms with Crippen LogP contribution in [0.1, 0.15) is 0 Å². The van der Waals surface area contributed by atoms with Crippen molar-refractivity contribution in [3.8, 4) is 11.5 Å². The van der Waals surface area contributed by atoms with E-state index in [9.17, 15) is 0 Å². The molecule has 6 rings (SSSR count). The molecule has 0 unspecified atom stereocenters. The van der Waals surface area contributed by atoms with E-state index in [1.807, 2.05) is 45.9 Å². The van der Waals surface area contributed by atoms with E-state index in [0.29, 0.717) is 0 Å². The summed E-state index contributed by atoms with van der Waals surface area (Å²) in [5.74, 6) is 1.74. The highest BCUT2D eigenvalue weighted by Gasteiger charge is 2.13. The van der Waals surface area contributed by atoms with Gasteiger partial charge in [-0.15, -0.1) is 0 Å². The number of methoxy groups -OCH3 is 2. The van der Waals surface area contributed by atoms with Crippen LogP contribution in [0.3, 0.4) is 0 Å². The highest BCUT2D eigenvalue weighted by Crippen LogP contribution is 2.48. The van der Waals surface area contributed by atoms with E-state index in [-0.39, 0.29) is 0 Å². The summed E-state index contributed by atoms with van der Waals surface area (Å²) in [5.41, 5.74) is 0. The summed E-state index contributed by atoms with van der Waals surface area (Å²) in [7, 11) is 7.05. The van der Waals surface area contributed by atoms with Gasteiger partial charge >= 0.3 is 0 Å². The molecule has 6 heteroatoms. The van der Waals surface area contributed by atoms with Crippen LogP contribution in [0, 0.1) is 0 Å². The van der Waals surface area contributed by atoms with Crippen LogP contribution >= 0.6 is 45.1 Å². The molecule has 0 aliphatic carbocycles. The summed E-state index contributed by atoms with van der Waals surface area (Å²) < 4.78 is 10.7. The summed E-state index contributed by atoms with van der Waals surface area (Å²) in [5, 5.41) is 5.07. The van der Waals surface area contributed by atoms with Crippen LogP contribution in [-0.2, 0) is 0 Å². The van der Waals surface area contributed by atoms with Gasteiger partial charge in [0.15, 0.2) is 0 Å². The van der Waals surface area contributed by atoms with Crippen molar-refractivity contribution < 1.29 is 9.47 Å². The van der Waals surface area contributed by atoms with E-state index in [2.05, 4.69) is 97.1 Å². The molecule has 6 aromatic rings. The first-order valence-corrected chi connectivity index (χ1v) is 16.5. The molecule has 0 radical (unpaired) electrons. The molecule has 6 aromatic carbocycles. The lowest BCUT2D eigenvalue weighted by molar-refractivity contribution is 0.414. The second-order valence-corrected chi connectivity index (χ2v) is 13.4. The Morgan fingerprint density at radius 1 is 0.400 bits per heavy atom. The van der Waals surface area contributed by atoms with Crippen molar-refractivity contribution in [2.24, 2.45) is 0 Å². The van der Waals surface area contributed by atoms with E-state index in [4.69, 9.17) is 9.47 Å². The third-order valence-electron chi connectivity index (χ3n) is 6.45. The zero-order chi connectivity index (χ0) is 27.3. The van der Waals surface area contributed by atoms with Crippen LogP contribution in [-0.4, -0.2) is 14.2 Å². The maximum absolute atomic E-state index is 5.34. The Kier molecular flexibility index (Phi) is 8.49. The lowest BCUT2D eigenvalue weighted by atomic mass is 10.1. The highest BCUT2D eigenvalue weighted by molar-refractivity contribution is 8.76. The van der Waals surface area contributed by atoms with Gasteiger partial charge < -0.3 is 9.47 Å². The third kappa shape index (κ3) is 5.96. The van der Waals surface area contributed by atoms with E-state index < -0.39 is 0 Å². The van der Waals surface area contributed by atoms with Crippen LogP contribution in [0.4, 0.5) is 0 Å². The number of hydrogen-bond donors (Lipinski definition) is 0. The van der Waals surface area contributed by atoms with E-state index >= 15 is 0 Å². The molecule has 0 aliphatic rings. The van der Waals surface area contributed by atoms with E-state index in [1.165, 1.54) is 50.9 Å². The number of rotatable bonds is 9. The lowest BCUT2D eigenvalue weighted by Crippen LogP contribution is -1.84. The highest BCUT2D eigenvalue weighted by atomic mass is 33.1. The lowest BCUT2D eigenvalue weighted by Gasteiger charge is -2.13. The van der Waals surface area contributed by atoms with Gasteiger partial charge in [-0.3, -0.25) is 0 Å². The fraction of sp³-hybridized carbons (Fsp3) is 0.0588. The largest absolute Gasteiger partial charge is 0.497 e. The van der Waals surface area contributed by atoms with Crippen LogP contribution in [0.15, 0.2) is 151 Å². The monoisotopic (exact) mass is 594 g/mol. The van der Waals surface area contributed by atoms with Crippen LogP contribution in [0.25, 0.3) is 21.5 Å². The first-order valence-electron chi connectivity index (χ1n) is 12.7. The minimum atomic E-state index is 0.870. The molecule has 0 atom stereocenters. The van der Waals surface area contributed by atoms with Crippen molar-refractivity contribution in [1.29, 1.82) is 0 Å². The first kappa shape index (κ1) is 27.0. The van der Waals surface area contributed by atoms with Crippen molar-refractivity contribution >= 4 is 66.7 Å². The minimum absolute atomic E-state index is 0.870. The van der Waals surface area contributed by atoms with Crippen LogP contribution in [0.2, 0.25) is 0 Å². The first-order chi connectivity index (χ1) is 19.7. The normalized spacial score (nSPS) is 11.2. The summed E-state index contributed by atoms with van der Waals surface area (Å²) in [6.45, 7) is 0. The van der Waals surface area contributed by atoms with E-state index in [0.717, 1.165) is 11.5 Å². The SMILES string of the molecule is COc1ccc(Sc2cccc3cccc(SSc4cccc5cccc(Sc6ccc(OC)cc6)c45)c23)cc1. The maximum Gasteiger partial charge on any atom is 0.118 e. The van der Waals surface area contributed by atoms with Gasteiger partial charge in [-0.25, -0.2) is 0 Å². The summed E-state index contributed by atoms with van der Waals surface area (Å²) in [6.07, 6.45) is 0. The van der Waals surface area contributed by atoms with Gasteiger partial charge in [-0.1, -0.05) is 93.6 Å². The Morgan fingerprint density at radius 2 is 0.750 bits per heavy atom. The Bertz CT molecular complexity index is 1620. The zero-order valence-corrected chi connectivity index (χ0v) is 25.3. The molecule has 198 valence electrons. The standard InChI is InChI=1S/C34H26O2S4/c1-35-25-15-19-27(20-16-25)37-29-11-3-7-23-9-5-13-31(33(23)29)39-40-32-14-6-10-24-8-4-12-30(34(24)32)38-28-21-17-26(36-2)18-22-28/h3-22H,1-2H3. The Labute approximate surface area is 251 Å². The number of hydrogen-bond acceptors (Lipinski definition) is 6.